The molecule has 0 unspecified atom stereocenters. The van der Waals surface area contributed by atoms with Gasteiger partial charge in [-0.25, -0.2) is 0 Å². The van der Waals surface area contributed by atoms with E-state index in [0.717, 1.165) is 24.8 Å². The molecule has 0 aromatic carbocycles. The number of rotatable bonds is 8. The Morgan fingerprint density at radius 1 is 1.35 bits per heavy atom. The summed E-state index contributed by atoms with van der Waals surface area (Å²) in [5.41, 5.74) is 0.482. The predicted molar refractivity (Wildman–Crippen MR) is 104 cm³/mol. The van der Waals surface area contributed by atoms with Crippen molar-refractivity contribution in [1.82, 2.24) is 9.88 Å². The average molecular weight is 377 g/mol. The first-order valence-corrected chi connectivity index (χ1v) is 10.3. The second-order valence-electron chi connectivity index (χ2n) is 7.36. The summed E-state index contributed by atoms with van der Waals surface area (Å²) < 4.78 is 0. The number of thioether (sulfide) groups is 1. The van der Waals surface area contributed by atoms with E-state index in [4.69, 9.17) is 0 Å². The zero-order valence-corrected chi connectivity index (χ0v) is 16.7. The van der Waals surface area contributed by atoms with Crippen LogP contribution in [-0.4, -0.2) is 45.0 Å². The maximum Gasteiger partial charge on any atom is 0.291 e. The number of amides is 1. The number of pyridine rings is 1. The molecule has 1 aliphatic heterocycles. The molecule has 0 aliphatic carbocycles. The van der Waals surface area contributed by atoms with Crippen LogP contribution in [-0.2, 0) is 20.8 Å². The third kappa shape index (κ3) is 5.16. The van der Waals surface area contributed by atoms with Gasteiger partial charge in [-0.3, -0.25) is 19.4 Å². The van der Waals surface area contributed by atoms with Crippen molar-refractivity contribution < 1.29 is 14.4 Å². The van der Waals surface area contributed by atoms with Crippen LogP contribution in [0.5, 0.6) is 0 Å². The van der Waals surface area contributed by atoms with Gasteiger partial charge in [-0.05, 0) is 43.7 Å². The van der Waals surface area contributed by atoms with Crippen LogP contribution in [0.2, 0.25) is 0 Å². The van der Waals surface area contributed by atoms with Gasteiger partial charge < -0.3 is 4.90 Å². The number of hydrogen-bond acceptors (Lipinski definition) is 5. The number of carbonyl (C=O) groups excluding carboxylic acids is 3. The van der Waals surface area contributed by atoms with Crippen LogP contribution in [0.3, 0.4) is 0 Å². The highest BCUT2D eigenvalue weighted by atomic mass is 32.2. The quantitative estimate of drug-likeness (QED) is 0.514. The van der Waals surface area contributed by atoms with Crippen LogP contribution in [0.1, 0.15) is 52.0 Å². The lowest BCUT2D eigenvalue weighted by atomic mass is 9.84. The molecule has 0 saturated carbocycles. The van der Waals surface area contributed by atoms with Gasteiger partial charge in [0.05, 0.1) is 0 Å². The molecule has 6 heteroatoms. The maximum absolute atomic E-state index is 12.6. The molecular formula is C20H28N2O3S. The molecule has 2 rings (SSSR count). The van der Waals surface area contributed by atoms with Crippen LogP contribution >= 0.6 is 11.8 Å². The number of aryl methyl sites for hydroxylation is 1. The van der Waals surface area contributed by atoms with Crippen molar-refractivity contribution in [3.05, 3.63) is 30.1 Å². The Morgan fingerprint density at radius 2 is 2.12 bits per heavy atom. The molecule has 0 bridgehead atoms. The normalized spacial score (nSPS) is 17.3. The first-order chi connectivity index (χ1) is 12.4. The molecule has 0 N–H and O–H groups in total. The largest absolute Gasteiger partial charge is 0.325 e. The summed E-state index contributed by atoms with van der Waals surface area (Å²) in [5.74, 6) is -0.175. The highest BCUT2D eigenvalue weighted by Crippen LogP contribution is 2.27. The third-order valence-corrected chi connectivity index (χ3v) is 6.10. The first kappa shape index (κ1) is 20.6. The Bertz CT molecular complexity index is 646. The van der Waals surface area contributed by atoms with E-state index in [0.29, 0.717) is 25.1 Å². The molecule has 1 aromatic rings. The summed E-state index contributed by atoms with van der Waals surface area (Å²) in [4.78, 5) is 43.2. The molecule has 2 heterocycles. The van der Waals surface area contributed by atoms with Crippen molar-refractivity contribution >= 4 is 28.6 Å². The van der Waals surface area contributed by atoms with Gasteiger partial charge in [-0.15, -0.1) is 0 Å². The van der Waals surface area contributed by atoms with E-state index in [1.165, 1.54) is 16.7 Å². The molecule has 5 nitrogen and oxygen atoms in total. The van der Waals surface area contributed by atoms with E-state index < -0.39 is 17.4 Å². The molecule has 0 radical (unpaired) electrons. The third-order valence-electron chi connectivity index (χ3n) is 5.06. The van der Waals surface area contributed by atoms with Gasteiger partial charge in [0.2, 0.25) is 10.9 Å². The minimum absolute atomic E-state index is 0.00383. The summed E-state index contributed by atoms with van der Waals surface area (Å²) in [5, 5.41) is 0.00383. The number of Topliss-reactive ketones (excluding diaryl/α,β-unsaturated/α-hetero) is 1. The van der Waals surface area contributed by atoms with Crippen molar-refractivity contribution in [2.24, 2.45) is 5.41 Å². The lowest BCUT2D eigenvalue weighted by Crippen LogP contribution is -2.47. The molecular weight excluding hydrogens is 348 g/mol. The number of ketones is 1. The van der Waals surface area contributed by atoms with Gasteiger partial charge in [-0.1, -0.05) is 38.6 Å². The van der Waals surface area contributed by atoms with Crippen molar-refractivity contribution in [3.8, 4) is 0 Å². The molecule has 1 aromatic heterocycles. The van der Waals surface area contributed by atoms with E-state index in [1.54, 1.807) is 20.0 Å². The number of hydrogen-bond donors (Lipinski definition) is 0. The lowest BCUT2D eigenvalue weighted by Gasteiger charge is -2.27. The van der Waals surface area contributed by atoms with Gasteiger partial charge in [0.15, 0.2) is 0 Å². The molecule has 26 heavy (non-hydrogen) atoms. The minimum atomic E-state index is -0.676. The predicted octanol–water partition coefficient (Wildman–Crippen LogP) is 3.27. The van der Waals surface area contributed by atoms with Gasteiger partial charge >= 0.3 is 0 Å². The molecule has 1 amide bonds. The second-order valence-corrected chi connectivity index (χ2v) is 8.45. The Balaban J connectivity index is 1.85. The number of aromatic nitrogens is 1. The molecule has 1 atom stereocenters. The molecule has 1 aliphatic rings. The highest BCUT2D eigenvalue weighted by molar-refractivity contribution is 8.13. The van der Waals surface area contributed by atoms with E-state index in [9.17, 15) is 14.4 Å². The molecule has 1 fully saturated rings. The van der Waals surface area contributed by atoms with E-state index in [-0.39, 0.29) is 10.9 Å². The van der Waals surface area contributed by atoms with E-state index in [2.05, 4.69) is 4.98 Å². The zero-order chi connectivity index (χ0) is 19.2. The topological polar surface area (TPSA) is 67.3 Å². The Hall–Kier alpha value is -1.69. The van der Waals surface area contributed by atoms with Crippen LogP contribution in [0.25, 0.3) is 0 Å². The number of carbonyl (C=O) groups is 3. The lowest BCUT2D eigenvalue weighted by molar-refractivity contribution is -0.150. The first-order valence-electron chi connectivity index (χ1n) is 9.27. The van der Waals surface area contributed by atoms with Gasteiger partial charge in [0, 0.05) is 30.1 Å². The van der Waals surface area contributed by atoms with Crippen LogP contribution in [0.15, 0.2) is 24.5 Å². The Morgan fingerprint density at radius 3 is 2.77 bits per heavy atom. The standard InChI is InChI=1S/C20H28N2O3S/c1-4-20(2,3)17(23)18(24)22-12-6-10-16(22)19(25)26-13-7-9-15-8-5-11-21-14-15/h5,8,11,14,16H,4,6-7,9-10,12-13H2,1-3H3/t16-/m0/s1. The smallest absolute Gasteiger partial charge is 0.291 e. The molecule has 1 saturated heterocycles. The number of nitrogens with zero attached hydrogens (tertiary/aromatic N) is 2. The molecule has 142 valence electrons. The van der Waals surface area contributed by atoms with Crippen molar-refractivity contribution in [2.45, 2.75) is 58.9 Å². The minimum Gasteiger partial charge on any atom is -0.325 e. The van der Waals surface area contributed by atoms with Gasteiger partial charge in [0.1, 0.15) is 6.04 Å². The number of likely N-dealkylation sites (tertiary alicyclic amines) is 1. The van der Waals surface area contributed by atoms with Crippen molar-refractivity contribution in [1.29, 1.82) is 0 Å². The van der Waals surface area contributed by atoms with Crippen LogP contribution in [0.4, 0.5) is 0 Å². The SMILES string of the molecule is CCC(C)(C)C(=O)C(=O)N1CCC[C@H]1C(=O)SCCCc1cccnc1. The van der Waals surface area contributed by atoms with E-state index >= 15 is 0 Å². The summed E-state index contributed by atoms with van der Waals surface area (Å²) >= 11 is 1.27. The fourth-order valence-corrected chi connectivity index (χ4v) is 3.85. The van der Waals surface area contributed by atoms with Crippen molar-refractivity contribution in [3.63, 3.8) is 0 Å². The fourth-order valence-electron chi connectivity index (χ4n) is 2.93. The summed E-state index contributed by atoms with van der Waals surface area (Å²) in [7, 11) is 0. The Kier molecular flexibility index (Phi) is 7.38. The van der Waals surface area contributed by atoms with Crippen LogP contribution < -0.4 is 0 Å². The van der Waals surface area contributed by atoms with Gasteiger partial charge in [0.25, 0.3) is 5.91 Å². The molecule has 0 spiro atoms. The highest BCUT2D eigenvalue weighted by Gasteiger charge is 2.40. The summed E-state index contributed by atoms with van der Waals surface area (Å²) in [6.45, 7) is 5.97. The fraction of sp³-hybridized carbons (Fsp3) is 0.600. The van der Waals surface area contributed by atoms with E-state index in [1.807, 2.05) is 25.3 Å². The average Bonchev–Trinajstić information content (AvgIpc) is 3.14. The zero-order valence-electron chi connectivity index (χ0n) is 15.9. The monoisotopic (exact) mass is 376 g/mol. The maximum atomic E-state index is 12.6. The second kappa shape index (κ2) is 9.31. The van der Waals surface area contributed by atoms with Gasteiger partial charge in [-0.2, -0.15) is 0 Å². The Labute approximate surface area is 159 Å². The van der Waals surface area contributed by atoms with Crippen molar-refractivity contribution in [2.75, 3.05) is 12.3 Å². The summed E-state index contributed by atoms with van der Waals surface area (Å²) in [6, 6.07) is 3.48. The van der Waals surface area contributed by atoms with Crippen LogP contribution in [0, 0.1) is 5.41 Å². The summed E-state index contributed by atoms with van der Waals surface area (Å²) in [6.07, 6.45) is 7.38.